The van der Waals surface area contributed by atoms with E-state index in [0.29, 0.717) is 5.76 Å². The second-order valence-electron chi connectivity index (χ2n) is 4.67. The number of aromatic nitrogens is 3. The lowest BCUT2D eigenvalue weighted by atomic mass is 10.3. The Morgan fingerprint density at radius 2 is 2.26 bits per heavy atom. The summed E-state index contributed by atoms with van der Waals surface area (Å²) in [6.45, 7) is 2.05. The van der Waals surface area contributed by atoms with Gasteiger partial charge in [-0.3, -0.25) is 14.6 Å². The van der Waals surface area contributed by atoms with Crippen LogP contribution in [0.2, 0.25) is 0 Å². The van der Waals surface area contributed by atoms with Crippen LogP contribution in [0.5, 0.6) is 0 Å². The van der Waals surface area contributed by atoms with Crippen molar-refractivity contribution in [3.05, 3.63) is 61.6 Å². The molecule has 3 rings (SSSR count). The normalized spacial score (nSPS) is 10.7. The Balaban J connectivity index is 1.74. The van der Waals surface area contributed by atoms with Crippen molar-refractivity contribution < 1.29 is 9.21 Å². The summed E-state index contributed by atoms with van der Waals surface area (Å²) in [4.78, 5) is 44.0. The molecule has 3 N–H and O–H groups in total. The molecular weight excluding hydrogens is 320 g/mol. The van der Waals surface area contributed by atoms with Crippen molar-refractivity contribution in [1.82, 2.24) is 20.3 Å². The number of nitrogens with one attached hydrogen (secondary N) is 3. The highest BCUT2D eigenvalue weighted by Crippen LogP contribution is 2.28. The van der Waals surface area contributed by atoms with Crippen LogP contribution in [-0.4, -0.2) is 20.9 Å². The monoisotopic (exact) mass is 332 g/mol. The Morgan fingerprint density at radius 3 is 2.96 bits per heavy atom. The van der Waals surface area contributed by atoms with Gasteiger partial charge in [0, 0.05) is 11.1 Å². The molecule has 0 aromatic carbocycles. The molecule has 0 saturated carbocycles. The molecule has 0 radical (unpaired) electrons. The minimum Gasteiger partial charge on any atom is -0.462 e. The standard InChI is InChI=1S/C14H12N4O4S/c1-7-10(23-13(17-7)9-3-2-4-22-9)6-15-11(19)8-5-16-14(21)18-12(8)20/h2-5H,6H2,1H3,(H,15,19)(H2,16,18,20,21). The van der Waals surface area contributed by atoms with Crippen molar-refractivity contribution in [2.45, 2.75) is 13.5 Å². The van der Waals surface area contributed by atoms with Crippen LogP contribution >= 0.6 is 11.3 Å². The number of carbonyl (C=O) groups excluding carboxylic acids is 1. The van der Waals surface area contributed by atoms with Crippen molar-refractivity contribution in [2.24, 2.45) is 0 Å². The van der Waals surface area contributed by atoms with E-state index >= 15 is 0 Å². The fourth-order valence-corrected chi connectivity index (χ4v) is 2.90. The smallest absolute Gasteiger partial charge is 0.325 e. The van der Waals surface area contributed by atoms with Crippen LogP contribution in [-0.2, 0) is 6.54 Å². The van der Waals surface area contributed by atoms with Crippen LogP contribution in [0.25, 0.3) is 10.8 Å². The zero-order chi connectivity index (χ0) is 16.4. The third-order valence-corrected chi connectivity index (χ3v) is 4.27. The van der Waals surface area contributed by atoms with Gasteiger partial charge in [-0.1, -0.05) is 0 Å². The summed E-state index contributed by atoms with van der Waals surface area (Å²) in [5.41, 5.74) is -0.772. The average molecular weight is 332 g/mol. The summed E-state index contributed by atoms with van der Waals surface area (Å²) in [6.07, 6.45) is 2.65. The topological polar surface area (TPSA) is 121 Å². The first kappa shape index (κ1) is 15.0. The number of H-pyrrole nitrogens is 2. The minimum absolute atomic E-state index is 0.155. The number of hydrogen-bond acceptors (Lipinski definition) is 6. The highest BCUT2D eigenvalue weighted by molar-refractivity contribution is 7.15. The number of amides is 1. The van der Waals surface area contributed by atoms with E-state index in [-0.39, 0.29) is 12.1 Å². The van der Waals surface area contributed by atoms with Crippen LogP contribution in [0.15, 0.2) is 38.6 Å². The molecule has 9 heteroatoms. The number of carbonyl (C=O) groups is 1. The SMILES string of the molecule is Cc1nc(-c2ccco2)sc1CNC(=O)c1c[nH]c(=O)[nH]c1=O. The molecule has 3 heterocycles. The number of rotatable bonds is 4. The second-order valence-corrected chi connectivity index (χ2v) is 5.76. The maximum Gasteiger partial charge on any atom is 0.325 e. The zero-order valence-corrected chi connectivity index (χ0v) is 12.8. The van der Waals surface area contributed by atoms with Gasteiger partial charge in [0.15, 0.2) is 10.8 Å². The quantitative estimate of drug-likeness (QED) is 0.658. The number of furan rings is 1. The summed E-state index contributed by atoms with van der Waals surface area (Å²) >= 11 is 1.40. The number of aromatic amines is 2. The van der Waals surface area contributed by atoms with E-state index in [4.69, 9.17) is 4.42 Å². The molecule has 0 saturated heterocycles. The predicted octanol–water partition coefficient (Wildman–Crippen LogP) is 1.02. The van der Waals surface area contributed by atoms with E-state index in [0.717, 1.165) is 21.8 Å². The van der Waals surface area contributed by atoms with Crippen LogP contribution in [0, 0.1) is 6.92 Å². The van der Waals surface area contributed by atoms with Gasteiger partial charge in [0.1, 0.15) is 5.56 Å². The molecule has 3 aromatic heterocycles. The zero-order valence-electron chi connectivity index (χ0n) is 12.0. The molecule has 0 bridgehead atoms. The maximum atomic E-state index is 12.0. The molecule has 0 atom stereocenters. The molecule has 0 aliphatic heterocycles. The van der Waals surface area contributed by atoms with E-state index in [1.165, 1.54) is 11.3 Å². The molecule has 0 spiro atoms. The molecule has 0 aliphatic carbocycles. The van der Waals surface area contributed by atoms with Crippen molar-refractivity contribution in [1.29, 1.82) is 0 Å². The molecule has 118 valence electrons. The Hall–Kier alpha value is -2.94. The van der Waals surface area contributed by atoms with Gasteiger partial charge in [0.05, 0.1) is 18.5 Å². The lowest BCUT2D eigenvalue weighted by Crippen LogP contribution is -2.33. The average Bonchev–Trinajstić information content (AvgIpc) is 3.14. The summed E-state index contributed by atoms with van der Waals surface area (Å²) < 4.78 is 5.29. The van der Waals surface area contributed by atoms with Crippen LogP contribution in [0.3, 0.4) is 0 Å². The minimum atomic E-state index is -0.733. The molecule has 8 nitrogen and oxygen atoms in total. The largest absolute Gasteiger partial charge is 0.462 e. The third kappa shape index (κ3) is 3.14. The van der Waals surface area contributed by atoms with Gasteiger partial charge in [0.2, 0.25) is 0 Å². The van der Waals surface area contributed by atoms with Crippen molar-refractivity contribution in [3.63, 3.8) is 0 Å². The fraction of sp³-hybridized carbons (Fsp3) is 0.143. The van der Waals surface area contributed by atoms with Gasteiger partial charge in [-0.25, -0.2) is 9.78 Å². The van der Waals surface area contributed by atoms with Crippen LogP contribution < -0.4 is 16.6 Å². The number of thiazole rings is 1. The Kier molecular flexibility index (Phi) is 3.94. The van der Waals surface area contributed by atoms with Gasteiger partial charge in [-0.15, -0.1) is 11.3 Å². The van der Waals surface area contributed by atoms with Crippen molar-refractivity contribution >= 4 is 17.2 Å². The Labute approximate surface area is 133 Å². The highest BCUT2D eigenvalue weighted by atomic mass is 32.1. The number of aryl methyl sites for hydroxylation is 1. The Bertz CT molecular complexity index is 952. The summed E-state index contributed by atoms with van der Waals surface area (Å²) in [5, 5.41) is 3.35. The number of nitrogens with zero attached hydrogens (tertiary/aromatic N) is 1. The summed E-state index contributed by atoms with van der Waals surface area (Å²) in [5.74, 6) is 0.0857. The number of hydrogen-bond donors (Lipinski definition) is 3. The first-order valence-electron chi connectivity index (χ1n) is 6.65. The molecule has 1 amide bonds. The van der Waals surface area contributed by atoms with Crippen LogP contribution in [0.4, 0.5) is 0 Å². The molecule has 0 unspecified atom stereocenters. The molecule has 0 fully saturated rings. The first-order chi connectivity index (χ1) is 11.0. The summed E-state index contributed by atoms with van der Waals surface area (Å²) in [6, 6.07) is 3.58. The van der Waals surface area contributed by atoms with Crippen LogP contribution in [0.1, 0.15) is 20.9 Å². The van der Waals surface area contributed by atoms with Gasteiger partial charge in [0.25, 0.3) is 11.5 Å². The third-order valence-electron chi connectivity index (χ3n) is 3.10. The van der Waals surface area contributed by atoms with Crippen molar-refractivity contribution in [2.75, 3.05) is 0 Å². The van der Waals surface area contributed by atoms with Gasteiger partial charge in [-0.05, 0) is 19.1 Å². The second kappa shape index (κ2) is 6.05. The summed E-state index contributed by atoms with van der Waals surface area (Å²) in [7, 11) is 0. The van der Waals surface area contributed by atoms with Gasteiger partial charge >= 0.3 is 5.69 Å². The van der Waals surface area contributed by atoms with E-state index < -0.39 is 17.2 Å². The van der Waals surface area contributed by atoms with E-state index in [9.17, 15) is 14.4 Å². The maximum absolute atomic E-state index is 12.0. The van der Waals surface area contributed by atoms with E-state index in [1.54, 1.807) is 18.4 Å². The Morgan fingerprint density at radius 1 is 1.43 bits per heavy atom. The highest BCUT2D eigenvalue weighted by Gasteiger charge is 2.14. The van der Waals surface area contributed by atoms with Crippen molar-refractivity contribution in [3.8, 4) is 10.8 Å². The molecule has 23 heavy (non-hydrogen) atoms. The predicted molar refractivity (Wildman–Crippen MR) is 83.4 cm³/mol. The first-order valence-corrected chi connectivity index (χ1v) is 7.46. The van der Waals surface area contributed by atoms with E-state index in [2.05, 4.69) is 15.3 Å². The molecule has 0 aliphatic rings. The van der Waals surface area contributed by atoms with Gasteiger partial charge in [-0.2, -0.15) is 0 Å². The lowest BCUT2D eigenvalue weighted by molar-refractivity contribution is 0.0949. The van der Waals surface area contributed by atoms with E-state index in [1.807, 2.05) is 11.9 Å². The molecular formula is C14H12N4O4S. The molecule has 3 aromatic rings. The van der Waals surface area contributed by atoms with Gasteiger partial charge < -0.3 is 14.7 Å². The fourth-order valence-electron chi connectivity index (χ4n) is 1.93. The lowest BCUT2D eigenvalue weighted by Gasteiger charge is -2.02.